The summed E-state index contributed by atoms with van der Waals surface area (Å²) < 4.78 is 0. The average Bonchev–Trinajstić information content (AvgIpc) is 3.09. The zero-order valence-electron chi connectivity index (χ0n) is 30.8. The zero-order valence-corrected chi connectivity index (χ0v) is 30.8. The molecule has 7 rings (SSSR count). The van der Waals surface area contributed by atoms with Crippen LogP contribution in [0.2, 0.25) is 0 Å². The molecule has 0 heterocycles. The lowest BCUT2D eigenvalue weighted by molar-refractivity contribution is 0.638. The Labute approximate surface area is 293 Å². The number of allylic oxidation sites excluding steroid dienone is 7. The van der Waals surface area contributed by atoms with Crippen molar-refractivity contribution in [3.63, 3.8) is 0 Å². The third-order valence-corrected chi connectivity index (χ3v) is 11.5. The molecule has 248 valence electrons. The predicted octanol–water partition coefficient (Wildman–Crippen LogP) is 13.6. The van der Waals surface area contributed by atoms with Gasteiger partial charge in [0.1, 0.15) is 0 Å². The number of benzene rings is 5. The lowest BCUT2D eigenvalue weighted by atomic mass is 9.86. The van der Waals surface area contributed by atoms with Crippen molar-refractivity contribution in [1.29, 1.82) is 0 Å². The van der Waals surface area contributed by atoms with Gasteiger partial charge in [-0.05, 0) is 132 Å². The second-order valence-electron chi connectivity index (χ2n) is 14.8. The minimum Gasteiger partial charge on any atom is -0.313 e. The summed E-state index contributed by atoms with van der Waals surface area (Å²) in [6.07, 6.45) is 9.41. The molecule has 5 aromatic rings. The molecule has 2 unspecified atom stereocenters. The number of hydrogen-bond acceptors (Lipinski definition) is 2. The smallest absolute Gasteiger partial charge is 0.0619 e. The van der Waals surface area contributed by atoms with Crippen LogP contribution in [0.3, 0.4) is 0 Å². The molecule has 0 bridgehead atoms. The van der Waals surface area contributed by atoms with E-state index < -0.39 is 0 Å². The van der Waals surface area contributed by atoms with Gasteiger partial charge in [-0.1, -0.05) is 97.3 Å². The van der Waals surface area contributed by atoms with Gasteiger partial charge in [-0.3, -0.25) is 0 Å². The monoisotopic (exact) mass is 642 g/mol. The summed E-state index contributed by atoms with van der Waals surface area (Å²) in [4.78, 5) is 5.12. The van der Waals surface area contributed by atoms with Crippen molar-refractivity contribution in [2.24, 2.45) is 11.8 Å². The van der Waals surface area contributed by atoms with E-state index in [9.17, 15) is 0 Å². The second-order valence-corrected chi connectivity index (χ2v) is 14.8. The highest BCUT2D eigenvalue weighted by atomic mass is 15.2. The number of anilines is 4. The van der Waals surface area contributed by atoms with Gasteiger partial charge in [0.2, 0.25) is 0 Å². The molecular weight excluding hydrogens is 593 g/mol. The van der Waals surface area contributed by atoms with Crippen LogP contribution < -0.4 is 9.80 Å². The van der Waals surface area contributed by atoms with Crippen molar-refractivity contribution < 1.29 is 0 Å². The number of fused-ring (bicyclic) bond motifs is 2. The van der Waals surface area contributed by atoms with Crippen molar-refractivity contribution in [2.45, 2.75) is 75.2 Å². The number of nitrogens with zero attached hydrogens (tertiary/aromatic N) is 2. The standard InChI is InChI=1S/C47H50N2/c1-29-18-21-38(24-32(29)4)48(39-22-19-30(2)33(5)25-39)46-42-14-10-12-16-44(42)47(45-17-13-11-15-43(45)46)49(40-23-20-31(3)34(6)26-40)41-27-35(7)37(9)36(8)28-41/h10-19,21-27,31,36H,20,28H2,1-9H3. The van der Waals surface area contributed by atoms with Crippen LogP contribution in [0, 0.1) is 39.5 Å². The molecule has 0 spiro atoms. The Morgan fingerprint density at radius 2 is 1.02 bits per heavy atom. The quantitative estimate of drug-likeness (QED) is 0.134. The van der Waals surface area contributed by atoms with Gasteiger partial charge in [0.05, 0.1) is 11.4 Å². The highest BCUT2D eigenvalue weighted by Crippen LogP contribution is 2.51. The Bertz CT molecular complexity index is 2130. The number of hydrogen-bond donors (Lipinski definition) is 0. The summed E-state index contributed by atoms with van der Waals surface area (Å²) in [6, 6.07) is 32.0. The summed E-state index contributed by atoms with van der Waals surface area (Å²) in [5, 5.41) is 5.01. The zero-order chi connectivity index (χ0) is 34.6. The van der Waals surface area contributed by atoms with Crippen molar-refractivity contribution in [3.05, 3.63) is 154 Å². The van der Waals surface area contributed by atoms with Crippen molar-refractivity contribution >= 4 is 44.3 Å². The molecule has 0 fully saturated rings. The maximum absolute atomic E-state index is 2.62. The van der Waals surface area contributed by atoms with Crippen LogP contribution in [0.5, 0.6) is 0 Å². The highest BCUT2D eigenvalue weighted by Gasteiger charge is 2.29. The van der Waals surface area contributed by atoms with E-state index in [1.807, 2.05) is 0 Å². The first-order valence-corrected chi connectivity index (χ1v) is 18.0. The van der Waals surface area contributed by atoms with Crippen LogP contribution in [-0.4, -0.2) is 0 Å². The molecule has 2 aliphatic rings. The molecule has 0 amide bonds. The maximum atomic E-state index is 2.62. The maximum Gasteiger partial charge on any atom is 0.0619 e. The minimum absolute atomic E-state index is 0.484. The summed E-state index contributed by atoms with van der Waals surface area (Å²) in [5.41, 5.74) is 17.0. The first kappa shape index (κ1) is 32.7. The largest absolute Gasteiger partial charge is 0.313 e. The van der Waals surface area contributed by atoms with Gasteiger partial charge in [-0.25, -0.2) is 0 Å². The van der Waals surface area contributed by atoms with E-state index >= 15 is 0 Å². The van der Waals surface area contributed by atoms with E-state index in [-0.39, 0.29) is 0 Å². The Morgan fingerprint density at radius 1 is 0.531 bits per heavy atom. The van der Waals surface area contributed by atoms with E-state index in [4.69, 9.17) is 0 Å². The fourth-order valence-corrected chi connectivity index (χ4v) is 7.65. The Kier molecular flexibility index (Phi) is 8.61. The molecule has 2 nitrogen and oxygen atoms in total. The second kappa shape index (κ2) is 12.9. The normalized spacial score (nSPS) is 18.0. The molecule has 2 heteroatoms. The van der Waals surface area contributed by atoms with Crippen LogP contribution in [0.25, 0.3) is 21.5 Å². The molecule has 0 N–H and O–H groups in total. The molecule has 0 saturated heterocycles. The lowest BCUT2D eigenvalue weighted by Crippen LogP contribution is -2.27. The van der Waals surface area contributed by atoms with Crippen LogP contribution in [0.1, 0.15) is 69.7 Å². The highest BCUT2D eigenvalue weighted by molar-refractivity contribution is 6.22. The third kappa shape index (κ3) is 5.82. The first-order chi connectivity index (χ1) is 23.5. The number of rotatable bonds is 6. The molecule has 0 saturated carbocycles. The SMILES string of the molecule is CC1=CC(N(C2=CC(C)=C(C)C(C)C2)c2c3ccccc3c(N(c3ccc(C)c(C)c3)c3ccc(C)c(C)c3)c3ccccc23)=CCC1C. The molecule has 0 aliphatic heterocycles. The van der Waals surface area contributed by atoms with Gasteiger partial charge in [0.25, 0.3) is 0 Å². The Balaban J connectivity index is 1.60. The molecule has 49 heavy (non-hydrogen) atoms. The molecular formula is C47H50N2. The summed E-state index contributed by atoms with van der Waals surface area (Å²) in [6.45, 7) is 20.4. The molecule has 5 aromatic carbocycles. The van der Waals surface area contributed by atoms with Crippen molar-refractivity contribution in [2.75, 3.05) is 9.80 Å². The fraction of sp³-hybridized carbons (Fsp3) is 0.277. The molecule has 2 aliphatic carbocycles. The van der Waals surface area contributed by atoms with Gasteiger partial charge in [-0.15, -0.1) is 0 Å². The van der Waals surface area contributed by atoms with E-state index in [0.717, 1.165) is 12.8 Å². The van der Waals surface area contributed by atoms with E-state index in [1.54, 1.807) is 0 Å². The minimum atomic E-state index is 0.484. The van der Waals surface area contributed by atoms with Crippen molar-refractivity contribution in [1.82, 2.24) is 0 Å². The number of aryl methyl sites for hydroxylation is 4. The van der Waals surface area contributed by atoms with Crippen LogP contribution in [-0.2, 0) is 0 Å². The topological polar surface area (TPSA) is 6.48 Å². The Hall–Kier alpha value is -4.82. The van der Waals surface area contributed by atoms with Gasteiger partial charge in [0.15, 0.2) is 0 Å². The summed E-state index contributed by atoms with van der Waals surface area (Å²) in [7, 11) is 0. The van der Waals surface area contributed by atoms with Crippen LogP contribution >= 0.6 is 0 Å². The Morgan fingerprint density at radius 3 is 1.47 bits per heavy atom. The fourth-order valence-electron chi connectivity index (χ4n) is 7.65. The summed E-state index contributed by atoms with van der Waals surface area (Å²) in [5.74, 6) is 1.03. The van der Waals surface area contributed by atoms with Gasteiger partial charge < -0.3 is 9.80 Å². The lowest BCUT2D eigenvalue weighted by Gasteiger charge is -2.37. The van der Waals surface area contributed by atoms with Gasteiger partial charge in [-0.2, -0.15) is 0 Å². The molecule has 0 radical (unpaired) electrons. The summed E-state index contributed by atoms with van der Waals surface area (Å²) >= 11 is 0. The first-order valence-electron chi connectivity index (χ1n) is 18.0. The van der Waals surface area contributed by atoms with E-state index in [0.29, 0.717) is 11.8 Å². The van der Waals surface area contributed by atoms with Crippen LogP contribution in [0.4, 0.5) is 22.7 Å². The third-order valence-electron chi connectivity index (χ3n) is 11.5. The van der Waals surface area contributed by atoms with E-state index in [1.165, 1.54) is 94.7 Å². The van der Waals surface area contributed by atoms with Crippen molar-refractivity contribution in [3.8, 4) is 0 Å². The van der Waals surface area contributed by atoms with E-state index in [2.05, 4.69) is 175 Å². The molecule has 2 atom stereocenters. The van der Waals surface area contributed by atoms with Crippen LogP contribution in [0.15, 0.2) is 131 Å². The van der Waals surface area contributed by atoms with Gasteiger partial charge in [0, 0.05) is 44.3 Å². The molecule has 0 aromatic heterocycles. The average molecular weight is 643 g/mol. The van der Waals surface area contributed by atoms with Gasteiger partial charge >= 0.3 is 0 Å². The predicted molar refractivity (Wildman–Crippen MR) is 213 cm³/mol.